The highest BCUT2D eigenvalue weighted by molar-refractivity contribution is 5.92. The lowest BCUT2D eigenvalue weighted by atomic mass is 9.85. The fourth-order valence-corrected chi connectivity index (χ4v) is 5.02. The summed E-state index contributed by atoms with van der Waals surface area (Å²) >= 11 is 0. The molecule has 5 aromatic rings. The molecule has 0 bridgehead atoms. The Labute approximate surface area is 236 Å². The predicted molar refractivity (Wildman–Crippen MR) is 155 cm³/mol. The summed E-state index contributed by atoms with van der Waals surface area (Å²) < 4.78 is 7.08. The lowest BCUT2D eigenvalue weighted by molar-refractivity contribution is -0.148. The maximum Gasteiger partial charge on any atom is 0.329 e. The van der Waals surface area contributed by atoms with Crippen LogP contribution in [0.1, 0.15) is 52.6 Å². The summed E-state index contributed by atoms with van der Waals surface area (Å²) in [7, 11) is 0. The molecule has 0 aliphatic heterocycles. The van der Waals surface area contributed by atoms with Gasteiger partial charge in [0.15, 0.2) is 0 Å². The van der Waals surface area contributed by atoms with Gasteiger partial charge < -0.3 is 15.0 Å². The van der Waals surface area contributed by atoms with Gasteiger partial charge in [-0.1, -0.05) is 55.0 Å². The quantitative estimate of drug-likeness (QED) is 0.224. The fraction of sp³-hybridized carbons (Fsp3) is 0.250. The van der Waals surface area contributed by atoms with Gasteiger partial charge in [-0.15, -0.1) is 0 Å². The zero-order valence-corrected chi connectivity index (χ0v) is 22.5. The van der Waals surface area contributed by atoms with E-state index in [2.05, 4.69) is 20.6 Å². The maximum absolute atomic E-state index is 13.2. The third kappa shape index (κ3) is 6.05. The first-order valence-corrected chi connectivity index (χ1v) is 13.9. The van der Waals surface area contributed by atoms with E-state index >= 15 is 0 Å². The summed E-state index contributed by atoms with van der Waals surface area (Å²) in [4.78, 5) is 46.0. The van der Waals surface area contributed by atoms with E-state index in [1.807, 2.05) is 54.6 Å². The molecule has 9 heteroatoms. The summed E-state index contributed by atoms with van der Waals surface area (Å²) in [6.07, 6.45) is 5.19. The van der Waals surface area contributed by atoms with Crippen LogP contribution < -0.4 is 16.2 Å². The number of amides is 1. The number of pyridine rings is 1. The van der Waals surface area contributed by atoms with Crippen molar-refractivity contribution in [3.8, 4) is 0 Å². The van der Waals surface area contributed by atoms with Gasteiger partial charge in [0.2, 0.25) is 0 Å². The zero-order chi connectivity index (χ0) is 28.2. The number of carbonyl (C=O) groups is 2. The number of carbonyl (C=O) groups excluding carboxylic acids is 2. The molecular weight excluding hydrogens is 518 g/mol. The molecule has 1 saturated carbocycles. The van der Waals surface area contributed by atoms with Crippen LogP contribution in [0.2, 0.25) is 0 Å². The Kier molecular flexibility index (Phi) is 7.60. The molecule has 9 nitrogen and oxygen atoms in total. The highest BCUT2D eigenvalue weighted by atomic mass is 16.5. The molecule has 1 amide bonds. The first-order valence-electron chi connectivity index (χ1n) is 13.9. The van der Waals surface area contributed by atoms with E-state index in [0.29, 0.717) is 11.6 Å². The molecule has 6 rings (SSSR count). The third-order valence-corrected chi connectivity index (χ3v) is 7.57. The number of nitrogens with zero attached hydrogens (tertiary/aromatic N) is 2. The molecule has 1 aliphatic rings. The van der Waals surface area contributed by atoms with Crippen molar-refractivity contribution >= 4 is 28.4 Å². The predicted octanol–water partition coefficient (Wildman–Crippen LogP) is 4.28. The summed E-state index contributed by atoms with van der Waals surface area (Å²) in [5.41, 5.74) is 3.55. The van der Waals surface area contributed by atoms with Crippen LogP contribution in [0.15, 0.2) is 89.9 Å². The smallest absolute Gasteiger partial charge is 0.329 e. The number of benzene rings is 2. The molecular formula is C32H31N5O4. The lowest BCUT2D eigenvalue weighted by Crippen LogP contribution is -2.35. The zero-order valence-electron chi connectivity index (χ0n) is 22.5. The van der Waals surface area contributed by atoms with Crippen LogP contribution in [-0.4, -0.2) is 32.8 Å². The second-order valence-corrected chi connectivity index (χ2v) is 10.5. The standard InChI is InChI=1S/C32H31N5O4/c38-29-17-27(36-28-11-4-5-14-37(28)29)31(39)34-19-23-12-13-24-16-26(35-25(24)15-23)30(33-18-21-9-6-10-21)32(40)41-20-22-7-2-1-3-8-22/h1-5,7-8,11-17,21,30,33,35H,6,9-10,18-20H2,(H,34,39). The number of rotatable bonds is 10. The maximum atomic E-state index is 13.2. The summed E-state index contributed by atoms with van der Waals surface area (Å²) in [6.45, 7) is 1.22. The summed E-state index contributed by atoms with van der Waals surface area (Å²) in [5.74, 6) is -0.180. The van der Waals surface area contributed by atoms with Gasteiger partial charge in [-0.05, 0) is 66.1 Å². The normalized spacial score (nSPS) is 14.0. The number of esters is 1. The van der Waals surface area contributed by atoms with Gasteiger partial charge in [0.1, 0.15) is 24.0 Å². The number of hydrogen-bond acceptors (Lipinski definition) is 6. The number of fused-ring (bicyclic) bond motifs is 2. The van der Waals surface area contributed by atoms with Crippen molar-refractivity contribution < 1.29 is 14.3 Å². The Morgan fingerprint density at radius 2 is 1.83 bits per heavy atom. The van der Waals surface area contributed by atoms with E-state index in [-0.39, 0.29) is 30.4 Å². The lowest BCUT2D eigenvalue weighted by Gasteiger charge is -2.27. The highest BCUT2D eigenvalue weighted by Gasteiger charge is 2.27. The minimum atomic E-state index is -0.618. The van der Waals surface area contributed by atoms with Gasteiger partial charge >= 0.3 is 5.97 Å². The topological polar surface area (TPSA) is 118 Å². The number of aromatic nitrogens is 3. The van der Waals surface area contributed by atoms with Crippen molar-refractivity contribution in [2.75, 3.05) is 6.54 Å². The Bertz CT molecular complexity index is 1760. The second-order valence-electron chi connectivity index (χ2n) is 10.5. The first-order chi connectivity index (χ1) is 20.0. The average molecular weight is 550 g/mol. The Balaban J connectivity index is 1.16. The van der Waals surface area contributed by atoms with Crippen LogP contribution in [-0.2, 0) is 22.7 Å². The van der Waals surface area contributed by atoms with E-state index < -0.39 is 11.9 Å². The molecule has 0 radical (unpaired) electrons. The number of ether oxygens (including phenoxy) is 1. The molecule has 1 unspecified atom stereocenters. The Morgan fingerprint density at radius 1 is 1.00 bits per heavy atom. The minimum Gasteiger partial charge on any atom is -0.459 e. The highest BCUT2D eigenvalue weighted by Crippen LogP contribution is 2.28. The van der Waals surface area contributed by atoms with Crippen LogP contribution in [0.25, 0.3) is 16.6 Å². The second kappa shape index (κ2) is 11.8. The number of hydrogen-bond donors (Lipinski definition) is 3. The van der Waals surface area contributed by atoms with Crippen molar-refractivity contribution in [1.29, 1.82) is 0 Å². The monoisotopic (exact) mass is 549 g/mol. The molecule has 2 aromatic carbocycles. The fourth-order valence-electron chi connectivity index (χ4n) is 5.02. The van der Waals surface area contributed by atoms with Gasteiger partial charge in [-0.25, -0.2) is 9.78 Å². The van der Waals surface area contributed by atoms with E-state index in [1.54, 1.807) is 24.4 Å². The average Bonchev–Trinajstić information content (AvgIpc) is 3.39. The van der Waals surface area contributed by atoms with Crippen LogP contribution in [0.4, 0.5) is 0 Å². The number of H-pyrrole nitrogens is 1. The Hall–Kier alpha value is -4.76. The molecule has 3 aromatic heterocycles. The van der Waals surface area contributed by atoms with Crippen molar-refractivity contribution in [1.82, 2.24) is 25.0 Å². The SMILES string of the molecule is O=C(NCc1ccc2cc(C(NCC3CCC3)C(=O)OCc3ccccc3)[nH]c2c1)c1cc(=O)n2ccccc2n1. The molecule has 0 saturated heterocycles. The van der Waals surface area contributed by atoms with Crippen LogP contribution in [0, 0.1) is 5.92 Å². The van der Waals surface area contributed by atoms with Crippen LogP contribution in [0.5, 0.6) is 0 Å². The van der Waals surface area contributed by atoms with Crippen molar-refractivity contribution in [3.63, 3.8) is 0 Å². The molecule has 1 atom stereocenters. The summed E-state index contributed by atoms with van der Waals surface area (Å²) in [5, 5.41) is 7.23. The van der Waals surface area contributed by atoms with Crippen LogP contribution >= 0.6 is 0 Å². The Morgan fingerprint density at radius 3 is 2.63 bits per heavy atom. The van der Waals surface area contributed by atoms with Crippen molar-refractivity contribution in [2.45, 2.75) is 38.5 Å². The number of aromatic amines is 1. The van der Waals surface area contributed by atoms with Gasteiger partial charge in [0.25, 0.3) is 11.5 Å². The van der Waals surface area contributed by atoms with Crippen molar-refractivity contribution in [2.24, 2.45) is 5.92 Å². The molecule has 1 aliphatic carbocycles. The van der Waals surface area contributed by atoms with E-state index in [1.165, 1.54) is 29.7 Å². The van der Waals surface area contributed by atoms with E-state index in [4.69, 9.17) is 4.74 Å². The van der Waals surface area contributed by atoms with E-state index in [0.717, 1.165) is 34.3 Å². The molecule has 3 heterocycles. The van der Waals surface area contributed by atoms with Gasteiger partial charge in [0.05, 0.1) is 0 Å². The molecule has 3 N–H and O–H groups in total. The summed E-state index contributed by atoms with van der Waals surface area (Å²) in [6, 6.07) is 23.2. The first kappa shape index (κ1) is 26.5. The number of nitrogens with one attached hydrogen (secondary N) is 3. The molecule has 41 heavy (non-hydrogen) atoms. The molecule has 208 valence electrons. The van der Waals surface area contributed by atoms with Crippen molar-refractivity contribution in [3.05, 3.63) is 118 Å². The molecule has 0 spiro atoms. The van der Waals surface area contributed by atoms with Gasteiger partial charge in [-0.2, -0.15) is 0 Å². The van der Waals surface area contributed by atoms with Gasteiger partial charge in [0, 0.05) is 30.0 Å². The van der Waals surface area contributed by atoms with Gasteiger partial charge in [-0.3, -0.25) is 19.3 Å². The van der Waals surface area contributed by atoms with E-state index in [9.17, 15) is 14.4 Å². The molecule has 1 fully saturated rings. The third-order valence-electron chi connectivity index (χ3n) is 7.57. The largest absolute Gasteiger partial charge is 0.459 e. The minimum absolute atomic E-state index is 0.0684. The van der Waals surface area contributed by atoms with Crippen LogP contribution in [0.3, 0.4) is 0 Å².